The molecule has 3 aromatic rings. The summed E-state index contributed by atoms with van der Waals surface area (Å²) in [6.07, 6.45) is 0.448. The molecule has 0 amide bonds. The molecule has 0 radical (unpaired) electrons. The van der Waals surface area contributed by atoms with E-state index in [0.717, 1.165) is 16.7 Å². The topological polar surface area (TPSA) is 68.2 Å². The van der Waals surface area contributed by atoms with Gasteiger partial charge in [-0.15, -0.1) is 0 Å². The lowest BCUT2D eigenvalue weighted by molar-refractivity contribution is 0.355. The molecule has 4 rings (SSSR count). The summed E-state index contributed by atoms with van der Waals surface area (Å²) in [6.45, 7) is 3.80. The standard InChI is InChI=1S/C25H26N2O4S/c1-17-9-11-19(12-10-17)22-16-21(20-13-14-23(30-3)24(15-20)31-4)26-27(22)32(28,29)25-8-6-5-7-18(25)2/h5-15,22H,16H2,1-4H3/t22-/m0/s1. The van der Waals surface area contributed by atoms with Crippen LogP contribution in [0.1, 0.15) is 34.7 Å². The van der Waals surface area contributed by atoms with Crippen LogP contribution in [0.25, 0.3) is 0 Å². The third kappa shape index (κ3) is 3.96. The minimum absolute atomic E-state index is 0.259. The summed E-state index contributed by atoms with van der Waals surface area (Å²) in [5.41, 5.74) is 4.16. The number of hydrogen-bond acceptors (Lipinski definition) is 5. The van der Waals surface area contributed by atoms with Crippen molar-refractivity contribution < 1.29 is 17.9 Å². The Morgan fingerprint density at radius 1 is 0.906 bits per heavy atom. The molecule has 7 heteroatoms. The molecule has 32 heavy (non-hydrogen) atoms. The van der Waals surface area contributed by atoms with Crippen LogP contribution in [0, 0.1) is 13.8 Å². The summed E-state index contributed by atoms with van der Waals surface area (Å²) < 4.78 is 39.4. The SMILES string of the molecule is COc1ccc(C2=NN(S(=O)(=O)c3ccccc3C)[C@H](c3ccc(C)cc3)C2)cc1OC. The molecule has 6 nitrogen and oxygen atoms in total. The molecule has 0 aromatic heterocycles. The van der Waals surface area contributed by atoms with Crippen LogP contribution in [0.4, 0.5) is 0 Å². The second-order valence-electron chi connectivity index (χ2n) is 7.79. The second kappa shape index (κ2) is 8.67. The van der Waals surface area contributed by atoms with E-state index in [4.69, 9.17) is 9.47 Å². The number of rotatable bonds is 6. The second-order valence-corrected chi connectivity index (χ2v) is 9.55. The molecule has 0 saturated heterocycles. The Balaban J connectivity index is 1.82. The van der Waals surface area contributed by atoms with Crippen molar-refractivity contribution in [2.24, 2.45) is 5.10 Å². The van der Waals surface area contributed by atoms with Crippen LogP contribution >= 0.6 is 0 Å². The Morgan fingerprint density at radius 2 is 1.59 bits per heavy atom. The molecule has 1 heterocycles. The number of aryl methyl sites for hydroxylation is 2. The highest BCUT2D eigenvalue weighted by Gasteiger charge is 2.38. The Kier molecular flexibility index (Phi) is 5.93. The van der Waals surface area contributed by atoms with E-state index in [1.807, 2.05) is 49.4 Å². The van der Waals surface area contributed by atoms with Crippen LogP contribution in [0.3, 0.4) is 0 Å². The van der Waals surface area contributed by atoms with Gasteiger partial charge < -0.3 is 9.47 Å². The van der Waals surface area contributed by atoms with Crippen molar-refractivity contribution in [1.82, 2.24) is 4.41 Å². The Labute approximate surface area is 189 Å². The molecule has 0 unspecified atom stereocenters. The van der Waals surface area contributed by atoms with Gasteiger partial charge in [0.2, 0.25) is 0 Å². The minimum atomic E-state index is -3.86. The first kappa shape index (κ1) is 21.9. The van der Waals surface area contributed by atoms with Gasteiger partial charge in [0.15, 0.2) is 11.5 Å². The molecule has 1 atom stereocenters. The Morgan fingerprint density at radius 3 is 2.25 bits per heavy atom. The number of nitrogens with zero attached hydrogens (tertiary/aromatic N) is 2. The molecule has 0 N–H and O–H groups in total. The van der Waals surface area contributed by atoms with Crippen molar-refractivity contribution in [3.05, 3.63) is 89.0 Å². The van der Waals surface area contributed by atoms with Gasteiger partial charge in [0, 0.05) is 12.0 Å². The normalized spacial score (nSPS) is 16.1. The maximum atomic E-state index is 13.7. The van der Waals surface area contributed by atoms with Crippen molar-refractivity contribution in [2.75, 3.05) is 14.2 Å². The van der Waals surface area contributed by atoms with Crippen LogP contribution in [-0.4, -0.2) is 32.8 Å². The van der Waals surface area contributed by atoms with Gasteiger partial charge in [-0.3, -0.25) is 0 Å². The summed E-state index contributed by atoms with van der Waals surface area (Å²) >= 11 is 0. The quantitative estimate of drug-likeness (QED) is 0.538. The van der Waals surface area contributed by atoms with Crippen molar-refractivity contribution >= 4 is 15.7 Å². The zero-order valence-corrected chi connectivity index (χ0v) is 19.4. The minimum Gasteiger partial charge on any atom is -0.493 e. The van der Waals surface area contributed by atoms with Crippen LogP contribution in [0.5, 0.6) is 11.5 Å². The van der Waals surface area contributed by atoms with Gasteiger partial charge in [-0.1, -0.05) is 48.0 Å². The highest BCUT2D eigenvalue weighted by Crippen LogP contribution is 2.39. The summed E-state index contributed by atoms with van der Waals surface area (Å²) in [7, 11) is -0.707. The molecule has 1 aliphatic rings. The van der Waals surface area contributed by atoms with Gasteiger partial charge in [0.05, 0.1) is 30.9 Å². The number of sulfonamides is 1. The number of methoxy groups -OCH3 is 2. The Hall–Kier alpha value is -3.32. The highest BCUT2D eigenvalue weighted by atomic mass is 32.2. The van der Waals surface area contributed by atoms with E-state index >= 15 is 0 Å². The average molecular weight is 451 g/mol. The van der Waals surface area contributed by atoms with Gasteiger partial charge in [0.1, 0.15) is 0 Å². The van der Waals surface area contributed by atoms with E-state index in [-0.39, 0.29) is 4.90 Å². The summed E-state index contributed by atoms with van der Waals surface area (Å²) in [6, 6.07) is 19.9. The smallest absolute Gasteiger partial charge is 0.279 e. The van der Waals surface area contributed by atoms with Gasteiger partial charge in [-0.2, -0.15) is 17.9 Å². The molecule has 0 fully saturated rings. The van der Waals surface area contributed by atoms with Gasteiger partial charge in [-0.25, -0.2) is 0 Å². The number of ether oxygens (including phenoxy) is 2. The van der Waals surface area contributed by atoms with E-state index < -0.39 is 16.1 Å². The number of hydrogen-bond donors (Lipinski definition) is 0. The molecule has 0 bridgehead atoms. The van der Waals surface area contributed by atoms with Gasteiger partial charge in [0.25, 0.3) is 10.0 Å². The summed E-state index contributed by atoms with van der Waals surface area (Å²) in [5, 5.41) is 4.62. The first-order valence-corrected chi connectivity index (χ1v) is 11.8. The lowest BCUT2D eigenvalue weighted by atomic mass is 9.98. The molecule has 0 saturated carbocycles. The third-order valence-electron chi connectivity index (χ3n) is 5.67. The fourth-order valence-electron chi connectivity index (χ4n) is 3.88. The maximum absolute atomic E-state index is 13.7. The summed E-state index contributed by atoms with van der Waals surface area (Å²) in [4.78, 5) is 0.259. The molecule has 1 aliphatic heterocycles. The molecule has 166 valence electrons. The fraction of sp³-hybridized carbons (Fsp3) is 0.240. The van der Waals surface area contributed by atoms with E-state index in [1.54, 1.807) is 45.4 Å². The van der Waals surface area contributed by atoms with Crippen LogP contribution in [0.2, 0.25) is 0 Å². The zero-order valence-electron chi connectivity index (χ0n) is 18.6. The van der Waals surface area contributed by atoms with Crippen molar-refractivity contribution in [1.29, 1.82) is 0 Å². The lowest BCUT2D eigenvalue weighted by Crippen LogP contribution is -2.27. The first-order valence-electron chi connectivity index (χ1n) is 10.3. The maximum Gasteiger partial charge on any atom is 0.279 e. The van der Waals surface area contributed by atoms with Gasteiger partial charge in [-0.05, 0) is 49.2 Å². The van der Waals surface area contributed by atoms with Crippen molar-refractivity contribution in [3.8, 4) is 11.5 Å². The summed E-state index contributed by atoms with van der Waals surface area (Å²) in [5.74, 6) is 1.18. The van der Waals surface area contributed by atoms with E-state index in [1.165, 1.54) is 4.41 Å². The predicted octanol–water partition coefficient (Wildman–Crippen LogP) is 4.86. The monoisotopic (exact) mass is 450 g/mol. The lowest BCUT2D eigenvalue weighted by Gasteiger charge is -2.24. The molecule has 3 aromatic carbocycles. The van der Waals surface area contributed by atoms with Crippen LogP contribution in [-0.2, 0) is 10.0 Å². The predicted molar refractivity (Wildman–Crippen MR) is 125 cm³/mol. The van der Waals surface area contributed by atoms with E-state index in [9.17, 15) is 8.42 Å². The fourth-order valence-corrected chi connectivity index (χ4v) is 5.55. The largest absolute Gasteiger partial charge is 0.493 e. The number of benzene rings is 3. The van der Waals surface area contributed by atoms with Crippen LogP contribution < -0.4 is 9.47 Å². The van der Waals surface area contributed by atoms with Crippen molar-refractivity contribution in [3.63, 3.8) is 0 Å². The zero-order chi connectivity index (χ0) is 22.9. The third-order valence-corrected chi connectivity index (χ3v) is 7.51. The van der Waals surface area contributed by atoms with Gasteiger partial charge >= 0.3 is 0 Å². The van der Waals surface area contributed by atoms with E-state index in [2.05, 4.69) is 5.10 Å². The van der Waals surface area contributed by atoms with Crippen molar-refractivity contribution in [2.45, 2.75) is 31.2 Å². The molecule has 0 aliphatic carbocycles. The molecule has 0 spiro atoms. The van der Waals surface area contributed by atoms with E-state index in [0.29, 0.717) is 29.2 Å². The van der Waals surface area contributed by atoms with Crippen LogP contribution in [0.15, 0.2) is 76.7 Å². The Bertz CT molecular complexity index is 1270. The number of hydrazone groups is 1. The molecular weight excluding hydrogens is 424 g/mol. The first-order chi connectivity index (χ1) is 15.3. The average Bonchev–Trinajstić information content (AvgIpc) is 3.25. The molecular formula is C25H26N2O4S. The highest BCUT2D eigenvalue weighted by molar-refractivity contribution is 7.89.